The normalized spacial score (nSPS) is 12.2. The largest absolute Gasteiger partial charge is 0.456 e. The third-order valence-corrected chi connectivity index (χ3v) is 11.3. The van der Waals surface area contributed by atoms with Crippen LogP contribution in [0.4, 0.5) is 0 Å². The molecule has 0 atom stereocenters. The Kier molecular flexibility index (Phi) is 5.77. The van der Waals surface area contributed by atoms with E-state index in [9.17, 15) is 0 Å². The molecule has 0 spiro atoms. The Labute approximate surface area is 304 Å². The predicted octanol–water partition coefficient (Wildman–Crippen LogP) is 13.8. The highest BCUT2D eigenvalue weighted by Crippen LogP contribution is 2.41. The minimum atomic E-state index is 0.906. The van der Waals surface area contributed by atoms with Crippen molar-refractivity contribution >= 4 is 87.1 Å². The van der Waals surface area contributed by atoms with Gasteiger partial charge in [0.2, 0.25) is 0 Å². The van der Waals surface area contributed by atoms with E-state index in [4.69, 9.17) is 4.42 Å². The van der Waals surface area contributed by atoms with Gasteiger partial charge in [0, 0.05) is 49.1 Å². The van der Waals surface area contributed by atoms with Gasteiger partial charge in [0.05, 0.1) is 22.1 Å². The molecule has 3 aromatic heterocycles. The number of fused-ring (bicyclic) bond motifs is 12. The summed E-state index contributed by atoms with van der Waals surface area (Å²) in [6, 6.07) is 66.2. The van der Waals surface area contributed by atoms with E-state index in [1.165, 1.54) is 82.0 Å². The molecule has 0 saturated heterocycles. The second-order valence-electron chi connectivity index (χ2n) is 14.1. The number of furan rings is 1. The molecule has 0 aliphatic carbocycles. The first-order valence-corrected chi connectivity index (χ1v) is 18.2. The van der Waals surface area contributed by atoms with Crippen molar-refractivity contribution < 1.29 is 4.42 Å². The fraction of sp³-hybridized carbons (Fsp3) is 0. The summed E-state index contributed by atoms with van der Waals surface area (Å²) >= 11 is 0. The fourth-order valence-electron chi connectivity index (χ4n) is 8.83. The Bertz CT molecular complexity index is 3470. The average Bonchev–Trinajstić information content (AvgIpc) is 3.87. The van der Waals surface area contributed by atoms with Crippen molar-refractivity contribution in [2.24, 2.45) is 0 Å². The van der Waals surface area contributed by atoms with Gasteiger partial charge in [-0.25, -0.2) is 0 Å². The number of aromatic nitrogens is 2. The molecule has 0 N–H and O–H groups in total. The van der Waals surface area contributed by atoms with E-state index in [0.717, 1.165) is 27.6 Å². The maximum Gasteiger partial charge on any atom is 0.135 e. The van der Waals surface area contributed by atoms with Crippen LogP contribution in [0.2, 0.25) is 0 Å². The maximum absolute atomic E-state index is 6.18. The lowest BCUT2D eigenvalue weighted by Gasteiger charge is -2.11. The smallest absolute Gasteiger partial charge is 0.135 e. The molecule has 0 fully saturated rings. The van der Waals surface area contributed by atoms with Crippen molar-refractivity contribution in [3.63, 3.8) is 0 Å². The summed E-state index contributed by atoms with van der Waals surface area (Å²) in [6.07, 6.45) is 0. The summed E-state index contributed by atoms with van der Waals surface area (Å²) in [7, 11) is 0. The highest BCUT2D eigenvalue weighted by molar-refractivity contribution is 6.19. The van der Waals surface area contributed by atoms with Gasteiger partial charge in [0.25, 0.3) is 0 Å². The monoisotopic (exact) mass is 674 g/mol. The molecule has 12 rings (SSSR count). The number of rotatable bonds is 3. The zero-order chi connectivity index (χ0) is 34.6. The van der Waals surface area contributed by atoms with E-state index in [-0.39, 0.29) is 0 Å². The standard InChI is InChI=1S/C50H30N2O/c1-2-11-33-27-36(21-17-31(33)9-1)52-47-25-20-35(29-43(47)41-23-18-32-10-3-4-12-38(32)50(41)52)34-19-24-46-42(28-34)39-13-5-7-15-45(39)51(46)37-22-26-49-44(30-37)40-14-6-8-16-48(40)53-49/h1-30H. The number of benzene rings is 9. The Morgan fingerprint density at radius 2 is 0.887 bits per heavy atom. The van der Waals surface area contributed by atoms with E-state index in [0.29, 0.717) is 0 Å². The van der Waals surface area contributed by atoms with Crippen LogP contribution in [0.1, 0.15) is 0 Å². The first-order chi connectivity index (χ1) is 26.3. The first-order valence-electron chi connectivity index (χ1n) is 18.2. The van der Waals surface area contributed by atoms with Gasteiger partial charge in [-0.1, -0.05) is 115 Å². The Morgan fingerprint density at radius 1 is 0.302 bits per heavy atom. The molecular weight excluding hydrogens is 645 g/mol. The third-order valence-electron chi connectivity index (χ3n) is 11.3. The lowest BCUT2D eigenvalue weighted by Crippen LogP contribution is -1.94. The van der Waals surface area contributed by atoms with Gasteiger partial charge in [-0.3, -0.25) is 0 Å². The summed E-state index contributed by atoms with van der Waals surface area (Å²) in [5, 5.41) is 12.2. The number of hydrogen-bond acceptors (Lipinski definition) is 1. The van der Waals surface area contributed by atoms with Crippen LogP contribution < -0.4 is 0 Å². The second kappa shape index (κ2) is 10.7. The van der Waals surface area contributed by atoms with E-state index in [1.54, 1.807) is 0 Å². The van der Waals surface area contributed by atoms with Gasteiger partial charge in [0.15, 0.2) is 0 Å². The Morgan fingerprint density at radius 3 is 1.74 bits per heavy atom. The van der Waals surface area contributed by atoms with Crippen LogP contribution in [0, 0.1) is 0 Å². The van der Waals surface area contributed by atoms with E-state index >= 15 is 0 Å². The van der Waals surface area contributed by atoms with Crippen molar-refractivity contribution in [1.29, 1.82) is 0 Å². The molecule has 0 radical (unpaired) electrons. The molecule has 9 aromatic carbocycles. The van der Waals surface area contributed by atoms with Crippen LogP contribution in [0.25, 0.3) is 110 Å². The van der Waals surface area contributed by atoms with Gasteiger partial charge in [-0.05, 0) is 94.0 Å². The molecule has 0 bridgehead atoms. The Hall–Kier alpha value is -7.10. The van der Waals surface area contributed by atoms with E-state index in [1.807, 2.05) is 12.1 Å². The molecule has 12 aromatic rings. The first kappa shape index (κ1) is 28.6. The topological polar surface area (TPSA) is 23.0 Å². The molecule has 3 heteroatoms. The van der Waals surface area contributed by atoms with Crippen molar-refractivity contribution in [2.75, 3.05) is 0 Å². The van der Waals surface area contributed by atoms with Gasteiger partial charge in [-0.15, -0.1) is 0 Å². The van der Waals surface area contributed by atoms with Crippen LogP contribution in [0.3, 0.4) is 0 Å². The van der Waals surface area contributed by atoms with E-state index in [2.05, 4.69) is 179 Å². The molecule has 0 saturated carbocycles. The highest BCUT2D eigenvalue weighted by Gasteiger charge is 2.18. The lowest BCUT2D eigenvalue weighted by atomic mass is 10.00. The molecule has 0 aliphatic heterocycles. The summed E-state index contributed by atoms with van der Waals surface area (Å²) in [4.78, 5) is 0. The van der Waals surface area contributed by atoms with Crippen molar-refractivity contribution in [3.8, 4) is 22.5 Å². The van der Waals surface area contributed by atoms with Crippen molar-refractivity contribution in [1.82, 2.24) is 9.13 Å². The minimum absolute atomic E-state index is 0.906. The molecular formula is C50H30N2O. The molecule has 246 valence electrons. The van der Waals surface area contributed by atoms with Gasteiger partial charge in [-0.2, -0.15) is 0 Å². The summed E-state index contributed by atoms with van der Waals surface area (Å²) in [6.45, 7) is 0. The number of nitrogens with zero attached hydrogens (tertiary/aromatic N) is 2. The molecule has 0 amide bonds. The number of para-hydroxylation sites is 2. The minimum Gasteiger partial charge on any atom is -0.456 e. The summed E-state index contributed by atoms with van der Waals surface area (Å²) in [5.74, 6) is 0. The van der Waals surface area contributed by atoms with Gasteiger partial charge < -0.3 is 13.6 Å². The molecule has 0 unspecified atom stereocenters. The molecule has 3 nitrogen and oxygen atoms in total. The second-order valence-corrected chi connectivity index (χ2v) is 14.1. The van der Waals surface area contributed by atoms with Crippen molar-refractivity contribution in [2.45, 2.75) is 0 Å². The van der Waals surface area contributed by atoms with Crippen LogP contribution in [0.15, 0.2) is 186 Å². The maximum atomic E-state index is 6.18. The van der Waals surface area contributed by atoms with Crippen LogP contribution in [-0.2, 0) is 0 Å². The zero-order valence-corrected chi connectivity index (χ0v) is 28.6. The lowest BCUT2D eigenvalue weighted by molar-refractivity contribution is 0.669. The quantitative estimate of drug-likeness (QED) is 0.183. The van der Waals surface area contributed by atoms with Crippen molar-refractivity contribution in [3.05, 3.63) is 182 Å². The summed E-state index contributed by atoms with van der Waals surface area (Å²) < 4.78 is 11.0. The SMILES string of the molecule is c1ccc2cc(-n3c4ccc(-c5ccc6c(c5)c5ccccc5n6-c5ccc6oc7ccccc7c6c5)cc4c4ccc5ccccc5c43)ccc2c1. The highest BCUT2D eigenvalue weighted by atomic mass is 16.3. The average molecular weight is 675 g/mol. The van der Waals surface area contributed by atoms with Gasteiger partial charge in [0.1, 0.15) is 11.2 Å². The van der Waals surface area contributed by atoms with Crippen LogP contribution in [0.5, 0.6) is 0 Å². The zero-order valence-electron chi connectivity index (χ0n) is 28.6. The Balaban J connectivity index is 1.07. The fourth-order valence-corrected chi connectivity index (χ4v) is 8.83. The van der Waals surface area contributed by atoms with Crippen LogP contribution >= 0.6 is 0 Å². The van der Waals surface area contributed by atoms with Gasteiger partial charge >= 0.3 is 0 Å². The predicted molar refractivity (Wildman–Crippen MR) is 223 cm³/mol. The number of hydrogen-bond donors (Lipinski definition) is 0. The van der Waals surface area contributed by atoms with Crippen LogP contribution in [-0.4, -0.2) is 9.13 Å². The molecule has 53 heavy (non-hydrogen) atoms. The third kappa shape index (κ3) is 4.10. The van der Waals surface area contributed by atoms with E-state index < -0.39 is 0 Å². The molecule has 3 heterocycles. The summed E-state index contributed by atoms with van der Waals surface area (Å²) in [5.41, 5.74) is 11.3. The molecule has 0 aliphatic rings.